The SMILES string of the molecule is COC(=O)CN1C(=O)/C(=C/c2ccc(OC)c(C)c2)SC1=S. The lowest BCUT2D eigenvalue weighted by atomic mass is 10.1. The van der Waals surface area contributed by atoms with Crippen molar-refractivity contribution in [2.75, 3.05) is 20.8 Å². The molecule has 1 aliphatic rings. The van der Waals surface area contributed by atoms with E-state index in [1.807, 2.05) is 25.1 Å². The van der Waals surface area contributed by atoms with Crippen LogP contribution in [0.15, 0.2) is 23.1 Å². The van der Waals surface area contributed by atoms with Gasteiger partial charge in [-0.25, -0.2) is 0 Å². The highest BCUT2D eigenvalue weighted by Crippen LogP contribution is 2.33. The van der Waals surface area contributed by atoms with Crippen molar-refractivity contribution < 1.29 is 19.1 Å². The van der Waals surface area contributed by atoms with Gasteiger partial charge in [0.25, 0.3) is 5.91 Å². The van der Waals surface area contributed by atoms with Gasteiger partial charge in [-0.1, -0.05) is 30.0 Å². The highest BCUT2D eigenvalue weighted by molar-refractivity contribution is 8.26. The topological polar surface area (TPSA) is 55.8 Å². The number of benzene rings is 1. The molecular formula is C15H15NO4S2. The van der Waals surface area contributed by atoms with Crippen LogP contribution in [0.4, 0.5) is 0 Å². The number of ether oxygens (including phenoxy) is 2. The van der Waals surface area contributed by atoms with E-state index in [1.54, 1.807) is 13.2 Å². The summed E-state index contributed by atoms with van der Waals surface area (Å²) in [7, 11) is 2.88. The number of carbonyl (C=O) groups is 2. The van der Waals surface area contributed by atoms with Gasteiger partial charge in [0.05, 0.1) is 19.1 Å². The maximum Gasteiger partial charge on any atom is 0.325 e. The molecule has 1 aromatic carbocycles. The lowest BCUT2D eigenvalue weighted by Crippen LogP contribution is -2.33. The Bertz CT molecular complexity index is 670. The Hall–Kier alpha value is -1.86. The normalized spacial score (nSPS) is 16.3. The van der Waals surface area contributed by atoms with E-state index in [2.05, 4.69) is 4.74 Å². The zero-order valence-electron chi connectivity index (χ0n) is 12.4. The summed E-state index contributed by atoms with van der Waals surface area (Å²) >= 11 is 6.32. The number of thioether (sulfide) groups is 1. The summed E-state index contributed by atoms with van der Waals surface area (Å²) in [5.74, 6) is 0.00195. The van der Waals surface area contributed by atoms with E-state index in [-0.39, 0.29) is 12.5 Å². The van der Waals surface area contributed by atoms with Crippen LogP contribution in [0.25, 0.3) is 6.08 Å². The van der Waals surface area contributed by atoms with Crippen molar-refractivity contribution >= 4 is 46.3 Å². The van der Waals surface area contributed by atoms with Gasteiger partial charge in [0.2, 0.25) is 0 Å². The first-order chi connectivity index (χ1) is 10.5. The van der Waals surface area contributed by atoms with Crippen molar-refractivity contribution in [3.05, 3.63) is 34.2 Å². The van der Waals surface area contributed by atoms with E-state index in [0.29, 0.717) is 9.23 Å². The molecular weight excluding hydrogens is 322 g/mol. The first-order valence-electron chi connectivity index (χ1n) is 6.43. The van der Waals surface area contributed by atoms with Gasteiger partial charge in [0.1, 0.15) is 16.6 Å². The molecule has 0 N–H and O–H groups in total. The number of nitrogens with zero attached hydrogens (tertiary/aromatic N) is 1. The smallest absolute Gasteiger partial charge is 0.325 e. The highest BCUT2D eigenvalue weighted by Gasteiger charge is 2.33. The van der Waals surface area contributed by atoms with E-state index < -0.39 is 5.97 Å². The Morgan fingerprint density at radius 2 is 2.14 bits per heavy atom. The highest BCUT2D eigenvalue weighted by atomic mass is 32.2. The van der Waals surface area contributed by atoms with Crippen LogP contribution in [0, 0.1) is 6.92 Å². The molecule has 1 fully saturated rings. The molecule has 7 heteroatoms. The second kappa shape index (κ2) is 6.93. The van der Waals surface area contributed by atoms with Crippen molar-refractivity contribution in [2.45, 2.75) is 6.92 Å². The predicted molar refractivity (Wildman–Crippen MR) is 89.6 cm³/mol. The van der Waals surface area contributed by atoms with E-state index in [4.69, 9.17) is 17.0 Å². The summed E-state index contributed by atoms with van der Waals surface area (Å²) < 4.78 is 10.1. The Balaban J connectivity index is 2.22. The average molecular weight is 337 g/mol. The van der Waals surface area contributed by atoms with Crippen LogP contribution in [-0.2, 0) is 14.3 Å². The maximum atomic E-state index is 12.3. The molecule has 1 amide bonds. The molecule has 0 atom stereocenters. The number of methoxy groups -OCH3 is 2. The number of thiocarbonyl (C=S) groups is 1. The number of carbonyl (C=O) groups excluding carboxylic acids is 2. The van der Waals surface area contributed by atoms with E-state index in [0.717, 1.165) is 16.9 Å². The Morgan fingerprint density at radius 1 is 1.41 bits per heavy atom. The molecule has 1 aromatic rings. The minimum absolute atomic E-state index is 0.167. The molecule has 5 nitrogen and oxygen atoms in total. The van der Waals surface area contributed by atoms with E-state index >= 15 is 0 Å². The fraction of sp³-hybridized carbons (Fsp3) is 0.267. The second-order valence-corrected chi connectivity index (χ2v) is 6.25. The molecule has 1 aliphatic heterocycles. The maximum absolute atomic E-state index is 12.3. The summed E-state index contributed by atoms with van der Waals surface area (Å²) in [4.78, 5) is 25.3. The monoisotopic (exact) mass is 337 g/mol. The molecule has 0 saturated carbocycles. The zero-order valence-corrected chi connectivity index (χ0v) is 14.0. The molecule has 0 spiro atoms. The lowest BCUT2D eigenvalue weighted by molar-refractivity contribution is -0.143. The number of aryl methyl sites for hydroxylation is 1. The third-order valence-corrected chi connectivity index (χ3v) is 4.48. The van der Waals surface area contributed by atoms with Gasteiger partial charge in [0.15, 0.2) is 0 Å². The van der Waals surface area contributed by atoms with Crippen molar-refractivity contribution in [1.29, 1.82) is 0 Å². The number of esters is 1. The standard InChI is InChI=1S/C15H15NO4S2/c1-9-6-10(4-5-11(9)19-2)7-12-14(18)16(15(21)22-12)8-13(17)20-3/h4-7H,8H2,1-3H3/b12-7-. The molecule has 22 heavy (non-hydrogen) atoms. The van der Waals surface area contributed by atoms with Crippen molar-refractivity contribution in [3.8, 4) is 5.75 Å². The number of hydrogen-bond acceptors (Lipinski definition) is 6. The lowest BCUT2D eigenvalue weighted by Gasteiger charge is -2.11. The third kappa shape index (κ3) is 3.48. The van der Waals surface area contributed by atoms with Crippen LogP contribution in [0.1, 0.15) is 11.1 Å². The summed E-state index contributed by atoms with van der Waals surface area (Å²) in [6, 6.07) is 5.63. The summed E-state index contributed by atoms with van der Waals surface area (Å²) in [6.07, 6.45) is 1.75. The number of amides is 1. The van der Waals surface area contributed by atoms with Gasteiger partial charge in [-0.15, -0.1) is 0 Å². The van der Waals surface area contributed by atoms with E-state index in [1.165, 1.54) is 23.8 Å². The minimum atomic E-state index is -0.502. The molecule has 1 heterocycles. The predicted octanol–water partition coefficient (Wildman–Crippen LogP) is 2.38. The van der Waals surface area contributed by atoms with Crippen molar-refractivity contribution in [3.63, 3.8) is 0 Å². The van der Waals surface area contributed by atoms with Crippen molar-refractivity contribution in [1.82, 2.24) is 4.90 Å². The molecule has 0 radical (unpaired) electrons. The summed E-state index contributed by atoms with van der Waals surface area (Å²) in [6.45, 7) is 1.76. The van der Waals surface area contributed by atoms with Crippen molar-refractivity contribution in [2.24, 2.45) is 0 Å². The van der Waals surface area contributed by atoms with Gasteiger partial charge in [-0.2, -0.15) is 0 Å². The first kappa shape index (κ1) is 16.5. The third-order valence-electron chi connectivity index (χ3n) is 3.11. The van der Waals surface area contributed by atoms with Crippen LogP contribution in [0.2, 0.25) is 0 Å². The molecule has 2 rings (SSSR count). The minimum Gasteiger partial charge on any atom is -0.496 e. The van der Waals surface area contributed by atoms with Crippen LogP contribution >= 0.6 is 24.0 Å². The molecule has 0 bridgehead atoms. The number of rotatable bonds is 4. The summed E-state index contributed by atoms with van der Waals surface area (Å²) in [5.41, 5.74) is 1.85. The molecule has 0 aliphatic carbocycles. The van der Waals surface area contributed by atoms with Gasteiger partial charge in [-0.05, 0) is 36.3 Å². The van der Waals surface area contributed by atoms with Crippen LogP contribution in [-0.4, -0.2) is 41.9 Å². The zero-order chi connectivity index (χ0) is 16.3. The van der Waals surface area contributed by atoms with E-state index in [9.17, 15) is 9.59 Å². The fourth-order valence-corrected chi connectivity index (χ4v) is 3.23. The summed E-state index contributed by atoms with van der Waals surface area (Å²) in [5, 5.41) is 0. The molecule has 0 aromatic heterocycles. The van der Waals surface area contributed by atoms with Gasteiger partial charge in [-0.3, -0.25) is 14.5 Å². The van der Waals surface area contributed by atoms with Gasteiger partial charge in [0, 0.05) is 0 Å². The van der Waals surface area contributed by atoms with Crippen LogP contribution in [0.3, 0.4) is 0 Å². The fourth-order valence-electron chi connectivity index (χ4n) is 1.97. The quantitative estimate of drug-likeness (QED) is 0.478. The average Bonchev–Trinajstić information content (AvgIpc) is 2.75. The molecule has 116 valence electrons. The van der Waals surface area contributed by atoms with Crippen LogP contribution in [0.5, 0.6) is 5.75 Å². The van der Waals surface area contributed by atoms with Gasteiger partial charge < -0.3 is 9.47 Å². The first-order valence-corrected chi connectivity index (χ1v) is 7.65. The Labute approximate surface area is 138 Å². The Morgan fingerprint density at radius 3 is 2.73 bits per heavy atom. The largest absolute Gasteiger partial charge is 0.496 e. The molecule has 1 saturated heterocycles. The van der Waals surface area contributed by atoms with Gasteiger partial charge >= 0.3 is 5.97 Å². The molecule has 0 unspecified atom stereocenters. The number of hydrogen-bond donors (Lipinski definition) is 0. The second-order valence-electron chi connectivity index (χ2n) is 4.57. The Kier molecular flexibility index (Phi) is 5.20. The van der Waals surface area contributed by atoms with Crippen LogP contribution < -0.4 is 4.74 Å².